The number of nitrogens with zero attached hydrogens (tertiary/aromatic N) is 1. The van der Waals surface area contributed by atoms with Crippen molar-refractivity contribution in [2.45, 2.75) is 45.1 Å². The summed E-state index contributed by atoms with van der Waals surface area (Å²) in [6.07, 6.45) is 8.87. The van der Waals surface area contributed by atoms with Gasteiger partial charge in [0, 0.05) is 12.1 Å². The Morgan fingerprint density at radius 2 is 1.88 bits per heavy atom. The van der Waals surface area contributed by atoms with Gasteiger partial charge in [0.25, 0.3) is 5.91 Å². The molecule has 1 heterocycles. The van der Waals surface area contributed by atoms with Crippen molar-refractivity contribution in [2.75, 3.05) is 5.32 Å². The number of amides is 2. The largest absolute Gasteiger partial charge is 0.349 e. The van der Waals surface area contributed by atoms with Crippen LogP contribution in [0.4, 0.5) is 5.13 Å². The molecule has 6 heteroatoms. The van der Waals surface area contributed by atoms with Crippen LogP contribution in [0.2, 0.25) is 0 Å². The maximum absolute atomic E-state index is 12.5. The molecule has 26 heavy (non-hydrogen) atoms. The lowest BCUT2D eigenvalue weighted by molar-refractivity contribution is -0.111. The number of anilines is 1. The van der Waals surface area contributed by atoms with Crippen molar-refractivity contribution in [3.8, 4) is 0 Å². The Labute approximate surface area is 157 Å². The number of benzene rings is 1. The van der Waals surface area contributed by atoms with E-state index in [1.807, 2.05) is 30.3 Å². The normalized spacial score (nSPS) is 15.1. The Morgan fingerprint density at radius 3 is 2.62 bits per heavy atom. The average Bonchev–Trinajstić information content (AvgIpc) is 3.02. The van der Waals surface area contributed by atoms with Crippen LogP contribution in [0, 0.1) is 6.92 Å². The standard InChI is InChI=1S/C20H23N3O2S/c1-14-18(19(25)22-16-10-6-3-7-11-16)26-20(21-14)23-17(24)13-12-15-8-4-2-5-9-15/h2,4-5,8-9,12-13,16H,3,6-7,10-11H2,1H3,(H,22,25)(H,21,23,24). The lowest BCUT2D eigenvalue weighted by Gasteiger charge is -2.22. The van der Waals surface area contributed by atoms with Gasteiger partial charge in [-0.3, -0.25) is 14.9 Å². The van der Waals surface area contributed by atoms with Gasteiger partial charge in [0.15, 0.2) is 5.13 Å². The molecule has 2 amide bonds. The summed E-state index contributed by atoms with van der Waals surface area (Å²) in [5, 5.41) is 6.27. The van der Waals surface area contributed by atoms with Crippen LogP contribution >= 0.6 is 11.3 Å². The Morgan fingerprint density at radius 1 is 1.15 bits per heavy atom. The third-order valence-corrected chi connectivity index (χ3v) is 5.47. The van der Waals surface area contributed by atoms with Gasteiger partial charge in [-0.15, -0.1) is 0 Å². The Hall–Kier alpha value is -2.47. The van der Waals surface area contributed by atoms with Gasteiger partial charge in [0.1, 0.15) is 4.88 Å². The van der Waals surface area contributed by atoms with E-state index in [1.54, 1.807) is 13.0 Å². The first-order valence-electron chi connectivity index (χ1n) is 8.94. The monoisotopic (exact) mass is 369 g/mol. The van der Waals surface area contributed by atoms with E-state index in [9.17, 15) is 9.59 Å². The third kappa shape index (κ3) is 5.02. The van der Waals surface area contributed by atoms with Gasteiger partial charge in [0.05, 0.1) is 5.69 Å². The van der Waals surface area contributed by atoms with E-state index < -0.39 is 0 Å². The summed E-state index contributed by atoms with van der Waals surface area (Å²) in [6, 6.07) is 9.86. The number of carbonyl (C=O) groups is 2. The molecular weight excluding hydrogens is 346 g/mol. The van der Waals surface area contributed by atoms with Gasteiger partial charge in [-0.1, -0.05) is 60.9 Å². The minimum atomic E-state index is -0.262. The Kier molecular flexibility index (Phi) is 6.17. The smallest absolute Gasteiger partial charge is 0.263 e. The number of hydrogen-bond donors (Lipinski definition) is 2. The fourth-order valence-electron chi connectivity index (χ4n) is 3.04. The molecule has 1 fully saturated rings. The first-order valence-corrected chi connectivity index (χ1v) is 9.76. The number of hydrogen-bond acceptors (Lipinski definition) is 4. The van der Waals surface area contributed by atoms with Crippen LogP contribution < -0.4 is 10.6 Å². The molecule has 3 rings (SSSR count). The minimum absolute atomic E-state index is 0.0905. The summed E-state index contributed by atoms with van der Waals surface area (Å²) >= 11 is 1.22. The molecule has 1 aliphatic carbocycles. The van der Waals surface area contributed by atoms with E-state index in [1.165, 1.54) is 36.7 Å². The second-order valence-corrected chi connectivity index (χ2v) is 7.47. The third-order valence-electron chi connectivity index (χ3n) is 4.40. The topological polar surface area (TPSA) is 71.1 Å². The first-order chi connectivity index (χ1) is 12.6. The molecule has 1 aliphatic rings. The van der Waals surface area contributed by atoms with Gasteiger partial charge in [-0.05, 0) is 31.4 Å². The summed E-state index contributed by atoms with van der Waals surface area (Å²) in [6.45, 7) is 1.79. The van der Waals surface area contributed by atoms with E-state index in [-0.39, 0.29) is 17.9 Å². The molecule has 2 aromatic rings. The summed E-state index contributed by atoms with van der Waals surface area (Å²) in [7, 11) is 0. The van der Waals surface area contributed by atoms with Crippen molar-refractivity contribution in [3.63, 3.8) is 0 Å². The van der Waals surface area contributed by atoms with Crippen molar-refractivity contribution in [1.82, 2.24) is 10.3 Å². The molecule has 5 nitrogen and oxygen atoms in total. The molecule has 1 aromatic heterocycles. The van der Waals surface area contributed by atoms with Gasteiger partial charge in [-0.2, -0.15) is 0 Å². The van der Waals surface area contributed by atoms with Crippen molar-refractivity contribution >= 4 is 34.4 Å². The molecule has 0 spiro atoms. The molecule has 0 aliphatic heterocycles. The Balaban J connectivity index is 1.59. The molecule has 136 valence electrons. The SMILES string of the molecule is Cc1nc(NC(=O)C=Cc2ccccc2)sc1C(=O)NC1CCCCC1. The van der Waals surface area contributed by atoms with Gasteiger partial charge >= 0.3 is 0 Å². The minimum Gasteiger partial charge on any atom is -0.349 e. The van der Waals surface area contributed by atoms with Gasteiger partial charge < -0.3 is 5.32 Å². The van der Waals surface area contributed by atoms with E-state index >= 15 is 0 Å². The quantitative estimate of drug-likeness (QED) is 0.777. The molecule has 0 saturated heterocycles. The highest BCUT2D eigenvalue weighted by Gasteiger charge is 2.20. The van der Waals surface area contributed by atoms with Gasteiger partial charge in [-0.25, -0.2) is 4.98 Å². The van der Waals surface area contributed by atoms with Crippen LogP contribution in [0.15, 0.2) is 36.4 Å². The number of aromatic nitrogens is 1. The average molecular weight is 369 g/mol. The second kappa shape index (κ2) is 8.76. The van der Waals surface area contributed by atoms with Crippen LogP contribution in [0.5, 0.6) is 0 Å². The molecule has 0 bridgehead atoms. The maximum Gasteiger partial charge on any atom is 0.263 e. The number of carbonyl (C=O) groups excluding carboxylic acids is 2. The van der Waals surface area contributed by atoms with E-state index in [0.29, 0.717) is 15.7 Å². The number of aryl methyl sites for hydroxylation is 1. The van der Waals surface area contributed by atoms with Crippen molar-refractivity contribution < 1.29 is 9.59 Å². The van der Waals surface area contributed by atoms with Crippen LogP contribution in [0.1, 0.15) is 53.0 Å². The molecular formula is C20H23N3O2S. The number of thiazole rings is 1. The summed E-state index contributed by atoms with van der Waals surface area (Å²) in [5.41, 5.74) is 1.59. The van der Waals surface area contributed by atoms with Crippen LogP contribution in [-0.2, 0) is 4.79 Å². The highest BCUT2D eigenvalue weighted by molar-refractivity contribution is 7.17. The van der Waals surface area contributed by atoms with Crippen LogP contribution in [0.25, 0.3) is 6.08 Å². The zero-order valence-corrected chi connectivity index (χ0v) is 15.6. The molecule has 1 aromatic carbocycles. The second-order valence-electron chi connectivity index (χ2n) is 6.48. The van der Waals surface area contributed by atoms with Crippen molar-refractivity contribution in [1.29, 1.82) is 0 Å². The van der Waals surface area contributed by atoms with Gasteiger partial charge in [0.2, 0.25) is 5.91 Å². The molecule has 0 atom stereocenters. The fourth-order valence-corrected chi connectivity index (χ4v) is 3.91. The highest BCUT2D eigenvalue weighted by Crippen LogP contribution is 2.24. The summed E-state index contributed by atoms with van der Waals surface area (Å²) < 4.78 is 0. The molecule has 0 unspecified atom stereocenters. The van der Waals surface area contributed by atoms with Crippen molar-refractivity contribution in [2.24, 2.45) is 0 Å². The molecule has 1 saturated carbocycles. The molecule has 0 radical (unpaired) electrons. The lowest BCUT2D eigenvalue weighted by atomic mass is 9.95. The summed E-state index contributed by atoms with van der Waals surface area (Å²) in [5.74, 6) is -0.353. The van der Waals surface area contributed by atoms with E-state index in [2.05, 4.69) is 15.6 Å². The fraction of sp³-hybridized carbons (Fsp3) is 0.350. The predicted octanol–water partition coefficient (Wildman–Crippen LogP) is 4.17. The number of rotatable bonds is 5. The maximum atomic E-state index is 12.5. The lowest BCUT2D eigenvalue weighted by Crippen LogP contribution is -2.36. The zero-order valence-electron chi connectivity index (χ0n) is 14.8. The Bertz CT molecular complexity index is 793. The number of nitrogens with one attached hydrogen (secondary N) is 2. The van der Waals surface area contributed by atoms with E-state index in [0.717, 1.165) is 18.4 Å². The highest BCUT2D eigenvalue weighted by atomic mass is 32.1. The van der Waals surface area contributed by atoms with Crippen LogP contribution in [0.3, 0.4) is 0 Å². The predicted molar refractivity (Wildman–Crippen MR) is 105 cm³/mol. The first kappa shape index (κ1) is 18.3. The van der Waals surface area contributed by atoms with Crippen LogP contribution in [-0.4, -0.2) is 22.8 Å². The van der Waals surface area contributed by atoms with E-state index in [4.69, 9.17) is 0 Å². The molecule has 2 N–H and O–H groups in total. The zero-order chi connectivity index (χ0) is 18.4. The van der Waals surface area contributed by atoms with Crippen molar-refractivity contribution in [3.05, 3.63) is 52.5 Å². The summed E-state index contributed by atoms with van der Waals surface area (Å²) in [4.78, 5) is 29.4.